The van der Waals surface area contributed by atoms with Crippen LogP contribution in [0.5, 0.6) is 0 Å². The Kier molecular flexibility index (Phi) is 6.50. The molecule has 1 atom stereocenters. The van der Waals surface area contributed by atoms with Crippen LogP contribution in [0.4, 0.5) is 0 Å². The lowest BCUT2D eigenvalue weighted by molar-refractivity contribution is -0.158. The molecular weight excluding hydrogens is 254 g/mol. The molecule has 1 rings (SSSR count). The number of carboxylic acids is 1. The number of hydrogen-bond acceptors (Lipinski definition) is 2. The van der Waals surface area contributed by atoms with Crippen LogP contribution in [-0.4, -0.2) is 34.5 Å². The minimum absolute atomic E-state index is 0.0154. The van der Waals surface area contributed by atoms with E-state index in [0.717, 1.165) is 32.1 Å². The molecule has 0 aromatic rings. The number of unbranched alkanes of at least 4 members (excludes halogenated alkanes) is 4. The van der Waals surface area contributed by atoms with Crippen molar-refractivity contribution in [2.24, 2.45) is 5.41 Å². The number of rotatable bonds is 7. The van der Waals surface area contributed by atoms with Crippen molar-refractivity contribution in [2.45, 2.75) is 78.2 Å². The van der Waals surface area contributed by atoms with Gasteiger partial charge in [-0.05, 0) is 24.7 Å². The summed E-state index contributed by atoms with van der Waals surface area (Å²) in [5, 5.41) is 9.44. The molecule has 1 aliphatic rings. The molecule has 4 nitrogen and oxygen atoms in total. The average Bonchev–Trinajstić information content (AvgIpc) is 2.36. The summed E-state index contributed by atoms with van der Waals surface area (Å²) >= 11 is 0. The molecule has 1 heterocycles. The van der Waals surface area contributed by atoms with E-state index in [0.29, 0.717) is 13.0 Å². The van der Waals surface area contributed by atoms with Crippen molar-refractivity contribution in [3.8, 4) is 0 Å². The second kappa shape index (κ2) is 7.65. The van der Waals surface area contributed by atoms with Crippen LogP contribution in [0, 0.1) is 5.41 Å². The largest absolute Gasteiger partial charge is 0.480 e. The molecule has 0 aliphatic carbocycles. The number of nitrogens with zero attached hydrogens (tertiary/aromatic N) is 1. The summed E-state index contributed by atoms with van der Waals surface area (Å²) in [5.74, 6) is -0.851. The highest BCUT2D eigenvalue weighted by atomic mass is 16.4. The number of carbonyl (C=O) groups is 2. The van der Waals surface area contributed by atoms with E-state index in [1.54, 1.807) is 4.90 Å². The average molecular weight is 283 g/mol. The Morgan fingerprint density at radius 1 is 1.20 bits per heavy atom. The number of carbonyl (C=O) groups excluding carboxylic acids is 1. The number of carboxylic acid groups (broad SMARTS) is 1. The third kappa shape index (κ3) is 4.50. The number of hydrogen-bond donors (Lipinski definition) is 1. The second-order valence-corrected chi connectivity index (χ2v) is 6.58. The van der Waals surface area contributed by atoms with Gasteiger partial charge in [0.25, 0.3) is 0 Å². The Labute approximate surface area is 122 Å². The molecule has 1 saturated heterocycles. The molecule has 1 unspecified atom stereocenters. The van der Waals surface area contributed by atoms with E-state index < -0.39 is 12.0 Å². The van der Waals surface area contributed by atoms with E-state index in [9.17, 15) is 14.7 Å². The fourth-order valence-corrected chi connectivity index (χ4v) is 3.15. The lowest BCUT2D eigenvalue weighted by Gasteiger charge is -2.44. The van der Waals surface area contributed by atoms with Gasteiger partial charge in [-0.1, -0.05) is 46.5 Å². The number of aliphatic carboxylic acids is 1. The molecule has 1 amide bonds. The highest BCUT2D eigenvalue weighted by Gasteiger charge is 2.44. The zero-order valence-electron chi connectivity index (χ0n) is 13.2. The smallest absolute Gasteiger partial charge is 0.326 e. The third-order valence-electron chi connectivity index (χ3n) is 4.32. The maximum Gasteiger partial charge on any atom is 0.326 e. The molecule has 0 saturated carbocycles. The number of piperidine rings is 1. The molecule has 0 spiro atoms. The first-order chi connectivity index (χ1) is 9.40. The van der Waals surface area contributed by atoms with Crippen LogP contribution in [0.3, 0.4) is 0 Å². The molecule has 20 heavy (non-hydrogen) atoms. The van der Waals surface area contributed by atoms with Gasteiger partial charge in [0.15, 0.2) is 0 Å². The first kappa shape index (κ1) is 17.0. The first-order valence-corrected chi connectivity index (χ1v) is 7.92. The fraction of sp³-hybridized carbons (Fsp3) is 0.875. The maximum atomic E-state index is 12.3. The zero-order chi connectivity index (χ0) is 15.2. The number of likely N-dealkylation sites (tertiary alicyclic amines) is 1. The summed E-state index contributed by atoms with van der Waals surface area (Å²) in [6, 6.07) is -0.667. The summed E-state index contributed by atoms with van der Waals surface area (Å²) in [5.41, 5.74) is -0.331. The van der Waals surface area contributed by atoms with Gasteiger partial charge in [0.1, 0.15) is 6.04 Å². The van der Waals surface area contributed by atoms with Crippen LogP contribution in [0.1, 0.15) is 72.1 Å². The van der Waals surface area contributed by atoms with Crippen molar-refractivity contribution in [1.29, 1.82) is 0 Å². The van der Waals surface area contributed by atoms with Gasteiger partial charge in [0.05, 0.1) is 0 Å². The Bertz CT molecular complexity index is 339. The molecule has 0 bridgehead atoms. The fourth-order valence-electron chi connectivity index (χ4n) is 3.15. The summed E-state index contributed by atoms with van der Waals surface area (Å²) in [4.78, 5) is 25.4. The highest BCUT2D eigenvalue weighted by Crippen LogP contribution is 2.35. The molecule has 1 fully saturated rings. The summed E-state index contributed by atoms with van der Waals surface area (Å²) in [6.45, 7) is 6.66. The molecule has 1 N–H and O–H groups in total. The molecule has 116 valence electrons. The zero-order valence-corrected chi connectivity index (χ0v) is 13.2. The third-order valence-corrected chi connectivity index (χ3v) is 4.32. The van der Waals surface area contributed by atoms with E-state index in [2.05, 4.69) is 6.92 Å². The normalized spacial score (nSPS) is 21.8. The van der Waals surface area contributed by atoms with Gasteiger partial charge in [0.2, 0.25) is 5.91 Å². The lowest BCUT2D eigenvalue weighted by atomic mass is 9.76. The highest BCUT2D eigenvalue weighted by molar-refractivity contribution is 5.84. The van der Waals surface area contributed by atoms with Crippen LogP contribution in [-0.2, 0) is 9.59 Å². The summed E-state index contributed by atoms with van der Waals surface area (Å²) in [7, 11) is 0. The van der Waals surface area contributed by atoms with Crippen molar-refractivity contribution in [2.75, 3.05) is 6.54 Å². The van der Waals surface area contributed by atoms with Crippen molar-refractivity contribution >= 4 is 11.9 Å². The second-order valence-electron chi connectivity index (χ2n) is 6.58. The van der Waals surface area contributed by atoms with Crippen LogP contribution in [0.2, 0.25) is 0 Å². The van der Waals surface area contributed by atoms with Crippen molar-refractivity contribution < 1.29 is 14.7 Å². The quantitative estimate of drug-likeness (QED) is 0.728. The molecule has 4 heteroatoms. The molecule has 1 aliphatic heterocycles. The van der Waals surface area contributed by atoms with Crippen molar-refractivity contribution in [1.82, 2.24) is 4.90 Å². The Morgan fingerprint density at radius 3 is 2.45 bits per heavy atom. The van der Waals surface area contributed by atoms with Gasteiger partial charge in [-0.15, -0.1) is 0 Å². The van der Waals surface area contributed by atoms with Gasteiger partial charge in [-0.2, -0.15) is 0 Å². The Hall–Kier alpha value is -1.06. The lowest BCUT2D eigenvalue weighted by Crippen LogP contribution is -2.56. The van der Waals surface area contributed by atoms with Gasteiger partial charge in [-0.3, -0.25) is 4.79 Å². The predicted octanol–water partition coefficient (Wildman–Crippen LogP) is 3.45. The molecule has 0 aromatic carbocycles. The molecular formula is C16H29NO3. The van der Waals surface area contributed by atoms with E-state index >= 15 is 0 Å². The number of amides is 1. The minimum atomic E-state index is -0.867. The van der Waals surface area contributed by atoms with E-state index in [1.807, 2.05) is 13.8 Å². The van der Waals surface area contributed by atoms with Crippen LogP contribution in [0.15, 0.2) is 0 Å². The van der Waals surface area contributed by atoms with Gasteiger partial charge in [-0.25, -0.2) is 4.79 Å². The molecule has 0 aromatic heterocycles. The van der Waals surface area contributed by atoms with Gasteiger partial charge in [0, 0.05) is 13.0 Å². The summed E-state index contributed by atoms with van der Waals surface area (Å²) < 4.78 is 0. The van der Waals surface area contributed by atoms with E-state index in [4.69, 9.17) is 0 Å². The molecule has 0 radical (unpaired) electrons. The van der Waals surface area contributed by atoms with Crippen molar-refractivity contribution in [3.05, 3.63) is 0 Å². The van der Waals surface area contributed by atoms with E-state index in [-0.39, 0.29) is 11.3 Å². The van der Waals surface area contributed by atoms with Crippen LogP contribution >= 0.6 is 0 Å². The van der Waals surface area contributed by atoms with Crippen molar-refractivity contribution in [3.63, 3.8) is 0 Å². The topological polar surface area (TPSA) is 57.6 Å². The minimum Gasteiger partial charge on any atom is -0.480 e. The maximum absolute atomic E-state index is 12.3. The Balaban J connectivity index is 2.54. The SMILES string of the molecule is CCCCCCCC(=O)N1CCCC(C)(C)C1C(=O)O. The van der Waals surface area contributed by atoms with Crippen LogP contribution in [0.25, 0.3) is 0 Å². The van der Waals surface area contributed by atoms with Gasteiger partial charge < -0.3 is 10.0 Å². The van der Waals surface area contributed by atoms with E-state index in [1.165, 1.54) is 12.8 Å². The van der Waals surface area contributed by atoms with Crippen LogP contribution < -0.4 is 0 Å². The van der Waals surface area contributed by atoms with Gasteiger partial charge >= 0.3 is 5.97 Å². The Morgan fingerprint density at radius 2 is 1.85 bits per heavy atom. The monoisotopic (exact) mass is 283 g/mol. The predicted molar refractivity (Wildman–Crippen MR) is 79.5 cm³/mol. The first-order valence-electron chi connectivity index (χ1n) is 7.92. The summed E-state index contributed by atoms with van der Waals surface area (Å²) in [6.07, 6.45) is 7.76. The standard InChI is InChI=1S/C16H29NO3/c1-4-5-6-7-8-10-13(18)17-12-9-11-16(2,3)14(17)15(19)20/h14H,4-12H2,1-3H3,(H,19,20).